The molecule has 1 heterocycles. The predicted molar refractivity (Wildman–Crippen MR) is 85.9 cm³/mol. The van der Waals surface area contributed by atoms with Gasteiger partial charge < -0.3 is 14.8 Å². The van der Waals surface area contributed by atoms with E-state index >= 15 is 0 Å². The third-order valence-electron chi connectivity index (χ3n) is 4.32. The van der Waals surface area contributed by atoms with Gasteiger partial charge in [0, 0.05) is 31.2 Å². The van der Waals surface area contributed by atoms with Gasteiger partial charge >= 0.3 is 0 Å². The van der Waals surface area contributed by atoms with Crippen molar-refractivity contribution in [3.63, 3.8) is 0 Å². The second kappa shape index (κ2) is 7.78. The Morgan fingerprint density at radius 3 is 2.67 bits per heavy atom. The van der Waals surface area contributed by atoms with Gasteiger partial charge in [0.05, 0.1) is 20.3 Å². The average molecular weight is 292 g/mol. The summed E-state index contributed by atoms with van der Waals surface area (Å²) in [5.41, 5.74) is 1.29. The van der Waals surface area contributed by atoms with Crippen molar-refractivity contribution in [2.24, 2.45) is 0 Å². The number of ether oxygens (including phenoxy) is 2. The molecule has 0 amide bonds. The zero-order valence-electron chi connectivity index (χ0n) is 13.6. The molecule has 0 spiro atoms. The van der Waals surface area contributed by atoms with E-state index in [9.17, 15) is 0 Å². The molecule has 3 atom stereocenters. The topological polar surface area (TPSA) is 33.7 Å². The summed E-state index contributed by atoms with van der Waals surface area (Å²) in [7, 11) is 1.70. The Morgan fingerprint density at radius 1 is 1.33 bits per heavy atom. The molecule has 0 aliphatic carbocycles. The minimum Gasteiger partial charge on any atom is -0.497 e. The molecular formula is C17H28N2O2. The molecule has 4 nitrogen and oxygen atoms in total. The van der Waals surface area contributed by atoms with Crippen LogP contribution in [0.4, 0.5) is 0 Å². The standard InChI is InChI=1S/C17H28N2O2/c1-13(19-9-10-21-12-14(19)2)11-18-15(3)16-5-7-17(20-4)8-6-16/h5-8,13-15,18H,9-12H2,1-4H3/t13-,14+,15+/m1/s1. The van der Waals surface area contributed by atoms with Crippen LogP contribution in [0.2, 0.25) is 0 Å². The van der Waals surface area contributed by atoms with Crippen LogP contribution in [0.1, 0.15) is 32.4 Å². The van der Waals surface area contributed by atoms with Crippen molar-refractivity contribution >= 4 is 0 Å². The highest BCUT2D eigenvalue weighted by atomic mass is 16.5. The Bertz CT molecular complexity index is 421. The Morgan fingerprint density at radius 2 is 2.05 bits per heavy atom. The normalized spacial score (nSPS) is 22.8. The lowest BCUT2D eigenvalue weighted by atomic mass is 10.1. The lowest BCUT2D eigenvalue weighted by molar-refractivity contribution is -0.0184. The average Bonchev–Trinajstić information content (AvgIpc) is 2.52. The van der Waals surface area contributed by atoms with Gasteiger partial charge in [-0.3, -0.25) is 4.90 Å². The third kappa shape index (κ3) is 4.43. The van der Waals surface area contributed by atoms with Crippen LogP contribution < -0.4 is 10.1 Å². The Labute approximate surface area is 128 Å². The summed E-state index contributed by atoms with van der Waals surface area (Å²) in [6.45, 7) is 10.4. The highest BCUT2D eigenvalue weighted by Gasteiger charge is 2.23. The molecule has 1 N–H and O–H groups in total. The lowest BCUT2D eigenvalue weighted by Gasteiger charge is -2.38. The van der Waals surface area contributed by atoms with E-state index in [4.69, 9.17) is 9.47 Å². The maximum absolute atomic E-state index is 5.50. The molecule has 1 aliphatic heterocycles. The first-order chi connectivity index (χ1) is 10.1. The number of nitrogens with zero attached hydrogens (tertiary/aromatic N) is 1. The van der Waals surface area contributed by atoms with E-state index in [2.05, 4.69) is 43.1 Å². The second-order valence-corrected chi connectivity index (χ2v) is 5.91. The van der Waals surface area contributed by atoms with Gasteiger partial charge in [0.25, 0.3) is 0 Å². The quantitative estimate of drug-likeness (QED) is 0.873. The highest BCUT2D eigenvalue weighted by molar-refractivity contribution is 5.28. The van der Waals surface area contributed by atoms with Crippen LogP contribution in [-0.4, -0.2) is 50.4 Å². The van der Waals surface area contributed by atoms with E-state index < -0.39 is 0 Å². The van der Waals surface area contributed by atoms with E-state index in [1.165, 1.54) is 5.56 Å². The van der Waals surface area contributed by atoms with Crippen molar-refractivity contribution < 1.29 is 9.47 Å². The molecule has 1 aromatic carbocycles. The third-order valence-corrected chi connectivity index (χ3v) is 4.32. The van der Waals surface area contributed by atoms with Crippen LogP contribution in [0.5, 0.6) is 5.75 Å². The van der Waals surface area contributed by atoms with Crippen LogP contribution >= 0.6 is 0 Å². The minimum absolute atomic E-state index is 0.342. The first-order valence-electron chi connectivity index (χ1n) is 7.82. The highest BCUT2D eigenvalue weighted by Crippen LogP contribution is 2.18. The molecule has 0 aromatic heterocycles. The van der Waals surface area contributed by atoms with Gasteiger partial charge in [0.2, 0.25) is 0 Å². The number of hydrogen-bond acceptors (Lipinski definition) is 4. The largest absolute Gasteiger partial charge is 0.497 e. The zero-order valence-corrected chi connectivity index (χ0v) is 13.6. The fourth-order valence-corrected chi connectivity index (χ4v) is 2.87. The minimum atomic E-state index is 0.342. The van der Waals surface area contributed by atoms with Crippen LogP contribution in [0.25, 0.3) is 0 Å². The smallest absolute Gasteiger partial charge is 0.118 e. The number of morpholine rings is 1. The SMILES string of the molecule is COc1ccc([C@H](C)NC[C@@H](C)N2CCOC[C@@H]2C)cc1. The number of rotatable bonds is 6. The zero-order chi connectivity index (χ0) is 15.2. The van der Waals surface area contributed by atoms with Gasteiger partial charge in [0.15, 0.2) is 0 Å². The van der Waals surface area contributed by atoms with E-state index in [0.717, 1.165) is 32.1 Å². The van der Waals surface area contributed by atoms with Crippen molar-refractivity contribution in [1.29, 1.82) is 0 Å². The van der Waals surface area contributed by atoms with Crippen LogP contribution in [0.3, 0.4) is 0 Å². The molecule has 4 heteroatoms. The second-order valence-electron chi connectivity index (χ2n) is 5.91. The van der Waals surface area contributed by atoms with Crippen LogP contribution in [0.15, 0.2) is 24.3 Å². The van der Waals surface area contributed by atoms with E-state index in [0.29, 0.717) is 18.1 Å². The summed E-state index contributed by atoms with van der Waals surface area (Å²) in [6, 6.07) is 9.64. The molecule has 2 rings (SSSR count). The molecule has 21 heavy (non-hydrogen) atoms. The molecule has 0 bridgehead atoms. The van der Waals surface area contributed by atoms with Gasteiger partial charge in [-0.15, -0.1) is 0 Å². The molecule has 1 aromatic rings. The fraction of sp³-hybridized carbons (Fsp3) is 0.647. The maximum atomic E-state index is 5.50. The van der Waals surface area contributed by atoms with Crippen molar-refractivity contribution in [3.05, 3.63) is 29.8 Å². The number of nitrogens with one attached hydrogen (secondary N) is 1. The van der Waals surface area contributed by atoms with Gasteiger partial charge in [-0.25, -0.2) is 0 Å². The first kappa shape index (κ1) is 16.3. The van der Waals surface area contributed by atoms with Crippen molar-refractivity contribution in [2.75, 3.05) is 33.4 Å². The summed E-state index contributed by atoms with van der Waals surface area (Å²) in [4.78, 5) is 2.53. The van der Waals surface area contributed by atoms with Gasteiger partial charge in [-0.1, -0.05) is 12.1 Å². The van der Waals surface area contributed by atoms with E-state index in [1.807, 2.05) is 12.1 Å². The summed E-state index contributed by atoms with van der Waals surface area (Å²) in [6.07, 6.45) is 0. The first-order valence-corrected chi connectivity index (χ1v) is 7.82. The van der Waals surface area contributed by atoms with Crippen molar-refractivity contribution in [1.82, 2.24) is 10.2 Å². The summed E-state index contributed by atoms with van der Waals surface area (Å²) in [5, 5.41) is 3.63. The van der Waals surface area contributed by atoms with E-state index in [-0.39, 0.29) is 0 Å². The lowest BCUT2D eigenvalue weighted by Crippen LogP contribution is -2.51. The molecule has 118 valence electrons. The summed E-state index contributed by atoms with van der Waals surface area (Å²) < 4.78 is 10.7. The Kier molecular flexibility index (Phi) is 6.03. The number of hydrogen-bond donors (Lipinski definition) is 1. The summed E-state index contributed by atoms with van der Waals surface area (Å²) in [5.74, 6) is 0.904. The van der Waals surface area contributed by atoms with Gasteiger partial charge in [-0.2, -0.15) is 0 Å². The fourth-order valence-electron chi connectivity index (χ4n) is 2.87. The van der Waals surface area contributed by atoms with E-state index in [1.54, 1.807) is 7.11 Å². The Hall–Kier alpha value is -1.10. The molecular weight excluding hydrogens is 264 g/mol. The summed E-state index contributed by atoms with van der Waals surface area (Å²) >= 11 is 0. The molecule has 1 fully saturated rings. The van der Waals surface area contributed by atoms with Gasteiger partial charge in [-0.05, 0) is 38.5 Å². The van der Waals surface area contributed by atoms with Crippen LogP contribution in [0, 0.1) is 0 Å². The van der Waals surface area contributed by atoms with Crippen LogP contribution in [-0.2, 0) is 4.74 Å². The molecule has 1 saturated heterocycles. The number of benzene rings is 1. The maximum Gasteiger partial charge on any atom is 0.118 e. The van der Waals surface area contributed by atoms with Crippen molar-refractivity contribution in [2.45, 2.75) is 38.9 Å². The Balaban J connectivity index is 1.83. The van der Waals surface area contributed by atoms with Gasteiger partial charge in [0.1, 0.15) is 5.75 Å². The molecule has 0 unspecified atom stereocenters. The molecule has 0 saturated carbocycles. The monoisotopic (exact) mass is 292 g/mol. The molecule has 0 radical (unpaired) electrons. The van der Waals surface area contributed by atoms with Crippen molar-refractivity contribution in [3.8, 4) is 5.75 Å². The number of methoxy groups -OCH3 is 1. The predicted octanol–water partition coefficient (Wildman–Crippen LogP) is 2.46. The molecule has 1 aliphatic rings.